The summed E-state index contributed by atoms with van der Waals surface area (Å²) in [6.07, 6.45) is 0. The minimum atomic E-state index is -1.82. The number of carbonyl (C=O) groups is 4. The van der Waals surface area contributed by atoms with Gasteiger partial charge in [-0.1, -0.05) is 17.8 Å². The maximum atomic E-state index is 13.3. The molecule has 1 fully saturated rings. The van der Waals surface area contributed by atoms with Crippen molar-refractivity contribution < 1.29 is 29.0 Å². The molecule has 0 bridgehead atoms. The molecule has 0 saturated carbocycles. The molecule has 4 amide bonds. The first-order valence-corrected chi connectivity index (χ1v) is 12.8. The molecule has 3 unspecified atom stereocenters. The molecule has 2 aliphatic heterocycles. The third-order valence-electron chi connectivity index (χ3n) is 5.28. The summed E-state index contributed by atoms with van der Waals surface area (Å²) in [6, 6.07) is 1.26. The molecular weight excluding hydrogens is 520 g/mol. The monoisotopic (exact) mass is 540 g/mol. The number of nitrogens with zero attached hydrogens (tertiary/aromatic N) is 5. The summed E-state index contributed by atoms with van der Waals surface area (Å²) in [4.78, 5) is 51.6. The summed E-state index contributed by atoms with van der Waals surface area (Å²) < 4.78 is 6.91. The number of hydrogen-bond acceptors (Lipinski definition) is 11. The van der Waals surface area contributed by atoms with Crippen molar-refractivity contribution >= 4 is 58.7 Å². The highest BCUT2D eigenvalue weighted by molar-refractivity contribution is 8.01. The zero-order valence-corrected chi connectivity index (χ0v) is 20.8. The van der Waals surface area contributed by atoms with E-state index in [0.717, 1.165) is 4.90 Å². The van der Waals surface area contributed by atoms with E-state index >= 15 is 0 Å². The molecule has 1 saturated heterocycles. The highest BCUT2D eigenvalue weighted by Crippen LogP contribution is 2.47. The number of aromatic nitrogens is 4. The van der Waals surface area contributed by atoms with Crippen molar-refractivity contribution in [2.45, 2.75) is 22.3 Å². The van der Waals surface area contributed by atoms with E-state index in [1.165, 1.54) is 46.7 Å². The lowest BCUT2D eigenvalue weighted by Gasteiger charge is -2.56. The van der Waals surface area contributed by atoms with Crippen LogP contribution in [0.25, 0.3) is 0 Å². The molecule has 4 heterocycles. The van der Waals surface area contributed by atoms with Gasteiger partial charge in [0, 0.05) is 30.5 Å². The number of fused-ring (bicyclic) bond motifs is 1. The highest BCUT2D eigenvalue weighted by atomic mass is 32.2. The summed E-state index contributed by atoms with van der Waals surface area (Å²) in [7, 11) is 2.90. The van der Waals surface area contributed by atoms with Crippen LogP contribution in [0.15, 0.2) is 33.9 Å². The van der Waals surface area contributed by atoms with Gasteiger partial charge in [0.1, 0.15) is 17.1 Å². The van der Waals surface area contributed by atoms with E-state index in [1.54, 1.807) is 24.6 Å². The molecule has 2 aromatic heterocycles. The SMILES string of the molecule is COC1(NC(=O)C(NC(N)=O)c2cccs2)C(=O)N2C(C(=O)O)=C(CSc3nnnn3C)CSC21. The quantitative estimate of drug-likeness (QED) is 0.182. The van der Waals surface area contributed by atoms with Gasteiger partial charge in [0.2, 0.25) is 5.16 Å². The van der Waals surface area contributed by atoms with Gasteiger partial charge in [0.15, 0.2) is 0 Å². The van der Waals surface area contributed by atoms with Crippen LogP contribution in [0.5, 0.6) is 0 Å². The number of carboxylic acids is 1. The van der Waals surface area contributed by atoms with Gasteiger partial charge in [-0.2, -0.15) is 0 Å². The molecule has 0 aliphatic carbocycles. The molecule has 186 valence electrons. The molecule has 14 nitrogen and oxygen atoms in total. The summed E-state index contributed by atoms with van der Waals surface area (Å²) in [6.45, 7) is 0. The van der Waals surface area contributed by atoms with Crippen LogP contribution in [0.2, 0.25) is 0 Å². The fourth-order valence-corrected chi connectivity index (χ4v) is 6.87. The number of carboxylic acid groups (broad SMARTS) is 1. The molecule has 2 aliphatic rings. The number of rotatable bonds is 9. The number of amides is 4. The van der Waals surface area contributed by atoms with Crippen LogP contribution in [0.1, 0.15) is 10.9 Å². The van der Waals surface area contributed by atoms with E-state index in [0.29, 0.717) is 15.6 Å². The zero-order valence-electron chi connectivity index (χ0n) is 18.3. The van der Waals surface area contributed by atoms with E-state index < -0.39 is 41.0 Å². The number of aliphatic carboxylic acids is 1. The van der Waals surface area contributed by atoms with Gasteiger partial charge in [0.25, 0.3) is 17.5 Å². The zero-order chi connectivity index (χ0) is 25.3. The number of methoxy groups -OCH3 is 1. The van der Waals surface area contributed by atoms with Crippen molar-refractivity contribution in [3.8, 4) is 0 Å². The largest absolute Gasteiger partial charge is 0.477 e. The fraction of sp³-hybridized carbons (Fsp3) is 0.389. The number of hydrogen-bond donors (Lipinski definition) is 4. The van der Waals surface area contributed by atoms with Crippen LogP contribution in [-0.4, -0.2) is 83.7 Å². The molecule has 3 atom stereocenters. The van der Waals surface area contributed by atoms with Crippen LogP contribution >= 0.6 is 34.9 Å². The number of thiophene rings is 1. The number of urea groups is 1. The first kappa shape index (κ1) is 25.0. The molecule has 5 N–H and O–H groups in total. The van der Waals surface area contributed by atoms with E-state index in [4.69, 9.17) is 10.5 Å². The lowest BCUT2D eigenvalue weighted by molar-refractivity contribution is -0.192. The second kappa shape index (κ2) is 9.84. The van der Waals surface area contributed by atoms with Crippen LogP contribution in [0.4, 0.5) is 4.79 Å². The second-order valence-corrected chi connectivity index (χ2v) is 10.3. The maximum absolute atomic E-state index is 13.3. The Labute approximate surface area is 210 Å². The Hall–Kier alpha value is -3.15. The van der Waals surface area contributed by atoms with E-state index in [2.05, 4.69) is 26.2 Å². The van der Waals surface area contributed by atoms with Crippen LogP contribution < -0.4 is 16.4 Å². The van der Waals surface area contributed by atoms with Gasteiger partial charge in [-0.25, -0.2) is 14.3 Å². The number of ether oxygens (including phenoxy) is 1. The maximum Gasteiger partial charge on any atom is 0.352 e. The van der Waals surface area contributed by atoms with E-state index in [9.17, 15) is 24.3 Å². The fourth-order valence-electron chi connectivity index (χ4n) is 3.67. The topological polar surface area (TPSA) is 195 Å². The van der Waals surface area contributed by atoms with Crippen molar-refractivity contribution in [2.75, 3.05) is 18.6 Å². The van der Waals surface area contributed by atoms with Crippen molar-refractivity contribution in [2.24, 2.45) is 12.8 Å². The van der Waals surface area contributed by atoms with Gasteiger partial charge in [-0.15, -0.1) is 28.2 Å². The molecule has 4 rings (SSSR count). The highest BCUT2D eigenvalue weighted by Gasteiger charge is 2.67. The molecule has 0 spiro atoms. The number of aryl methyl sites for hydroxylation is 1. The van der Waals surface area contributed by atoms with Gasteiger partial charge in [0.05, 0.1) is 0 Å². The third kappa shape index (κ3) is 4.46. The number of β-lactam (4-membered cyclic amide) rings is 1. The first-order chi connectivity index (χ1) is 16.7. The summed E-state index contributed by atoms with van der Waals surface area (Å²) in [5.74, 6) is -2.23. The minimum absolute atomic E-state index is 0.173. The molecule has 17 heteroatoms. The van der Waals surface area contributed by atoms with E-state index in [1.807, 2.05) is 0 Å². The summed E-state index contributed by atoms with van der Waals surface area (Å²) in [5, 5.41) is 27.3. The number of thioether (sulfide) groups is 2. The average Bonchev–Trinajstić information content (AvgIpc) is 3.50. The molecule has 2 aromatic rings. The van der Waals surface area contributed by atoms with Crippen molar-refractivity contribution in [1.29, 1.82) is 0 Å². The molecule has 0 aromatic carbocycles. The number of carbonyl (C=O) groups excluding carboxylic acids is 3. The van der Waals surface area contributed by atoms with Gasteiger partial charge < -0.3 is 26.2 Å². The number of nitrogens with two attached hydrogens (primary N) is 1. The van der Waals surface area contributed by atoms with Gasteiger partial charge in [-0.05, 0) is 27.4 Å². The Morgan fingerprint density at radius 3 is 2.80 bits per heavy atom. The number of primary amides is 1. The molecule has 0 radical (unpaired) electrons. The van der Waals surface area contributed by atoms with Gasteiger partial charge in [-0.3, -0.25) is 14.5 Å². The molecular formula is C18H20N8O6S3. The Kier molecular flexibility index (Phi) is 7.02. The lowest BCUT2D eigenvalue weighted by Crippen LogP contribution is -2.81. The van der Waals surface area contributed by atoms with Crippen LogP contribution in [0.3, 0.4) is 0 Å². The van der Waals surface area contributed by atoms with Gasteiger partial charge >= 0.3 is 12.0 Å². The number of nitrogens with one attached hydrogen (secondary N) is 2. The number of tetrazole rings is 1. The van der Waals surface area contributed by atoms with Crippen molar-refractivity contribution in [3.63, 3.8) is 0 Å². The Morgan fingerprint density at radius 2 is 2.23 bits per heavy atom. The predicted molar refractivity (Wildman–Crippen MR) is 125 cm³/mol. The van der Waals surface area contributed by atoms with Crippen LogP contribution in [-0.2, 0) is 26.2 Å². The van der Waals surface area contributed by atoms with Crippen molar-refractivity contribution in [1.82, 2.24) is 35.7 Å². The summed E-state index contributed by atoms with van der Waals surface area (Å²) >= 11 is 3.70. The second-order valence-electron chi connectivity index (χ2n) is 7.36. The van der Waals surface area contributed by atoms with Crippen LogP contribution in [0, 0.1) is 0 Å². The average molecular weight is 541 g/mol. The molecule has 35 heavy (non-hydrogen) atoms. The lowest BCUT2D eigenvalue weighted by atomic mass is 9.97. The smallest absolute Gasteiger partial charge is 0.352 e. The van der Waals surface area contributed by atoms with Crippen molar-refractivity contribution in [3.05, 3.63) is 33.7 Å². The minimum Gasteiger partial charge on any atom is -0.477 e. The Bertz CT molecular complexity index is 1200. The van der Waals surface area contributed by atoms with E-state index in [-0.39, 0.29) is 17.2 Å². The normalized spacial score (nSPS) is 22.3. The third-order valence-corrected chi connectivity index (χ3v) is 8.68. The first-order valence-electron chi connectivity index (χ1n) is 9.92. The Balaban J connectivity index is 1.57. The Morgan fingerprint density at radius 1 is 1.46 bits per heavy atom. The predicted octanol–water partition coefficient (Wildman–Crippen LogP) is -0.514. The standard InChI is InChI=1S/C18H20N8O6S3/c1-25-17(22-23-24-25)35-7-8-6-34-15-18(32-2,14(30)26(15)11(8)13(28)29)21-12(27)10(20-16(19)31)9-4-3-5-33-9/h3-5,10,15H,6-7H2,1-2H3,(H,21,27)(H,28,29)(H3,19,20,31). The summed E-state index contributed by atoms with van der Waals surface area (Å²) in [5.41, 5.74) is 3.74.